The number of nitrogens with one attached hydrogen (secondary N) is 9. The summed E-state index contributed by atoms with van der Waals surface area (Å²) in [5.74, 6) is -8.92. The first-order valence-corrected chi connectivity index (χ1v) is 20.1. The van der Waals surface area contributed by atoms with E-state index in [0.29, 0.717) is 19.4 Å². The molecule has 0 unspecified atom stereocenters. The summed E-state index contributed by atoms with van der Waals surface area (Å²) < 4.78 is 0. The number of carbonyl (C=O) groups excluding carboxylic acids is 9. The molecule has 0 heterocycles. The summed E-state index contributed by atoms with van der Waals surface area (Å²) in [7, 11) is 0. The molecule has 0 saturated heterocycles. The maximum Gasteiger partial charge on any atom is 0.326 e. The third kappa shape index (κ3) is 20.5. The van der Waals surface area contributed by atoms with Crippen LogP contribution in [0.2, 0.25) is 0 Å². The fraction of sp³-hybridized carbons (Fsp3) is 0.737. The highest BCUT2D eigenvalue weighted by Crippen LogP contribution is 2.09. The molecule has 0 aliphatic heterocycles. The van der Waals surface area contributed by atoms with Crippen molar-refractivity contribution in [1.29, 1.82) is 0 Å². The van der Waals surface area contributed by atoms with Crippen molar-refractivity contribution in [3.63, 3.8) is 0 Å². The van der Waals surface area contributed by atoms with Crippen LogP contribution in [0, 0.1) is 23.7 Å². The lowest BCUT2D eigenvalue weighted by molar-refractivity contribution is -0.142. The molecule has 0 aromatic rings. The molecule has 0 rings (SSSR count). The van der Waals surface area contributed by atoms with Gasteiger partial charge in [-0.1, -0.05) is 55.4 Å². The van der Waals surface area contributed by atoms with Gasteiger partial charge in [0.25, 0.3) is 0 Å². The lowest BCUT2D eigenvalue weighted by Gasteiger charge is -2.28. The Morgan fingerprint density at radius 2 is 0.850 bits per heavy atom. The van der Waals surface area contributed by atoms with Gasteiger partial charge in [0.05, 0.1) is 25.7 Å². The Hall–Kier alpha value is -5.38. The summed E-state index contributed by atoms with van der Waals surface area (Å²) in [6, 6.07) is -7.51. The largest absolute Gasteiger partial charge is 0.480 e. The van der Waals surface area contributed by atoms with Crippen LogP contribution < -0.4 is 59.3 Å². The fourth-order valence-electron chi connectivity index (χ4n) is 5.26. The quantitative estimate of drug-likeness (QED) is 0.0357. The molecule has 0 aromatic heterocycles. The summed E-state index contributed by atoms with van der Waals surface area (Å²) in [6.45, 7) is 15.0. The number of aliphatic carboxylic acids is 1. The highest BCUT2D eigenvalue weighted by atomic mass is 16.4. The Kier molecular flexibility index (Phi) is 24.9. The van der Waals surface area contributed by atoms with E-state index in [1.165, 1.54) is 13.8 Å². The molecule has 0 radical (unpaired) electrons. The first kappa shape index (κ1) is 54.6. The molecule has 9 amide bonds. The maximum absolute atomic E-state index is 13.1. The number of carboxylic acids is 1. The minimum absolute atomic E-state index is 0.158. The average molecular weight is 856 g/mol. The molecule has 0 saturated carbocycles. The standard InChI is InChI=1S/C38H69N11O11/c1-18(2)28(40)34(55)48-31(21(7)8)37(58)49-30(20(5)6)36(57)42-15-25(50)44-23(10)33(54)45-22(9)32(53)41-17-27(52)47-29(19(3)4)35(56)43-16-26(51)46-24(38(59)60)13-11-12-14-39/h18-24,28-31H,11-17,39-40H2,1-10H3,(H,41,53)(H,42,57)(H,43,56)(H,44,50)(H,45,54)(H,46,51)(H,47,52)(H,48,55)(H,49,58)(H,59,60)/t22-,23-,24-,28-,29-,30-,31-/m0/s1. The summed E-state index contributed by atoms with van der Waals surface area (Å²) in [6.07, 6.45) is 1.22. The summed E-state index contributed by atoms with van der Waals surface area (Å²) >= 11 is 0. The number of carbonyl (C=O) groups is 10. The van der Waals surface area contributed by atoms with Crippen molar-refractivity contribution in [1.82, 2.24) is 47.9 Å². The van der Waals surface area contributed by atoms with E-state index in [9.17, 15) is 53.1 Å². The van der Waals surface area contributed by atoms with Gasteiger partial charge >= 0.3 is 5.97 Å². The lowest BCUT2D eigenvalue weighted by atomic mass is 9.98. The molecule has 0 aliphatic rings. The van der Waals surface area contributed by atoms with E-state index in [1.807, 2.05) is 0 Å². The number of nitrogens with two attached hydrogens (primary N) is 2. The van der Waals surface area contributed by atoms with E-state index >= 15 is 0 Å². The maximum atomic E-state index is 13.1. The minimum Gasteiger partial charge on any atom is -0.480 e. The fourth-order valence-corrected chi connectivity index (χ4v) is 5.26. The van der Waals surface area contributed by atoms with Crippen LogP contribution in [0.25, 0.3) is 0 Å². The van der Waals surface area contributed by atoms with Gasteiger partial charge in [-0.3, -0.25) is 43.2 Å². The first-order chi connectivity index (χ1) is 27.8. The molecule has 0 bridgehead atoms. The Morgan fingerprint density at radius 1 is 0.450 bits per heavy atom. The molecule has 0 aliphatic carbocycles. The molecule has 342 valence electrons. The van der Waals surface area contributed by atoms with Gasteiger partial charge in [-0.15, -0.1) is 0 Å². The molecule has 14 N–H and O–H groups in total. The van der Waals surface area contributed by atoms with E-state index in [0.717, 1.165) is 0 Å². The first-order valence-electron chi connectivity index (χ1n) is 20.1. The summed E-state index contributed by atoms with van der Waals surface area (Å²) in [5, 5.41) is 31.3. The third-order valence-corrected chi connectivity index (χ3v) is 9.15. The molecule has 22 heteroatoms. The van der Waals surface area contributed by atoms with Crippen molar-refractivity contribution in [3.8, 4) is 0 Å². The highest BCUT2D eigenvalue weighted by Gasteiger charge is 2.32. The second-order valence-electron chi connectivity index (χ2n) is 15.9. The van der Waals surface area contributed by atoms with Crippen LogP contribution in [0.4, 0.5) is 0 Å². The van der Waals surface area contributed by atoms with Crippen LogP contribution >= 0.6 is 0 Å². The molecule has 0 aromatic carbocycles. The van der Waals surface area contributed by atoms with Crippen LogP contribution in [-0.4, -0.2) is 133 Å². The smallest absolute Gasteiger partial charge is 0.326 e. The molecule has 0 fully saturated rings. The van der Waals surface area contributed by atoms with Crippen LogP contribution in [-0.2, 0) is 47.9 Å². The SMILES string of the molecule is CC(C)[C@H](N)C(=O)N[C@H](C(=O)N[C@H](C(=O)NCC(=O)N[C@@H](C)C(=O)N[C@@H](C)C(=O)NCC(=O)N[C@H](C(=O)NCC(=O)N[C@@H](CCCCN)C(=O)O)C(C)C)C(C)C)C(C)C. The zero-order valence-corrected chi connectivity index (χ0v) is 36.5. The Morgan fingerprint density at radius 3 is 1.30 bits per heavy atom. The van der Waals surface area contributed by atoms with Gasteiger partial charge in [-0.25, -0.2) is 4.79 Å². The number of carboxylic acid groups (broad SMARTS) is 1. The van der Waals surface area contributed by atoms with Crippen LogP contribution in [0.15, 0.2) is 0 Å². The number of rotatable bonds is 27. The number of amides is 9. The van der Waals surface area contributed by atoms with Crippen LogP contribution in [0.1, 0.15) is 88.5 Å². The predicted octanol–water partition coefficient (Wildman–Crippen LogP) is -3.55. The Labute approximate surface area is 351 Å². The van der Waals surface area contributed by atoms with E-state index in [2.05, 4.69) is 47.9 Å². The van der Waals surface area contributed by atoms with E-state index < -0.39 is 133 Å². The zero-order valence-electron chi connectivity index (χ0n) is 36.5. The Bertz CT molecular complexity index is 1510. The number of hydrogen-bond donors (Lipinski definition) is 12. The van der Waals surface area contributed by atoms with Gasteiger partial charge < -0.3 is 64.4 Å². The van der Waals surface area contributed by atoms with E-state index in [1.54, 1.807) is 55.4 Å². The van der Waals surface area contributed by atoms with Crippen molar-refractivity contribution in [2.24, 2.45) is 35.1 Å². The molecular formula is C38H69N11O11. The Balaban J connectivity index is 5.03. The summed E-state index contributed by atoms with van der Waals surface area (Å²) in [4.78, 5) is 126. The predicted molar refractivity (Wildman–Crippen MR) is 220 cm³/mol. The van der Waals surface area contributed by atoms with Gasteiger partial charge in [0.2, 0.25) is 53.2 Å². The summed E-state index contributed by atoms with van der Waals surface area (Å²) in [5.41, 5.74) is 11.3. The van der Waals surface area contributed by atoms with Crippen molar-refractivity contribution in [2.45, 2.75) is 131 Å². The van der Waals surface area contributed by atoms with E-state index in [-0.39, 0.29) is 18.3 Å². The molecule has 7 atom stereocenters. The van der Waals surface area contributed by atoms with Gasteiger partial charge in [0.1, 0.15) is 36.3 Å². The van der Waals surface area contributed by atoms with Gasteiger partial charge in [-0.2, -0.15) is 0 Å². The van der Waals surface area contributed by atoms with Crippen molar-refractivity contribution < 1.29 is 53.1 Å². The van der Waals surface area contributed by atoms with E-state index in [4.69, 9.17) is 11.5 Å². The van der Waals surface area contributed by atoms with Gasteiger partial charge in [-0.05, 0) is 63.3 Å². The molecule has 60 heavy (non-hydrogen) atoms. The van der Waals surface area contributed by atoms with Crippen LogP contribution in [0.5, 0.6) is 0 Å². The monoisotopic (exact) mass is 856 g/mol. The van der Waals surface area contributed by atoms with Crippen molar-refractivity contribution >= 4 is 59.1 Å². The second-order valence-corrected chi connectivity index (χ2v) is 15.9. The normalized spacial score (nSPS) is 14.7. The topological polar surface area (TPSA) is 351 Å². The molecular weight excluding hydrogens is 786 g/mol. The zero-order chi connectivity index (χ0) is 46.4. The second kappa shape index (κ2) is 27.4. The van der Waals surface area contributed by atoms with Gasteiger partial charge in [0.15, 0.2) is 0 Å². The number of hydrogen-bond acceptors (Lipinski definition) is 12. The van der Waals surface area contributed by atoms with Crippen LogP contribution in [0.3, 0.4) is 0 Å². The van der Waals surface area contributed by atoms with Gasteiger partial charge in [0, 0.05) is 0 Å². The van der Waals surface area contributed by atoms with Crippen molar-refractivity contribution in [2.75, 3.05) is 26.2 Å². The molecule has 22 nitrogen and oxygen atoms in total. The highest BCUT2D eigenvalue weighted by molar-refractivity contribution is 5.97. The lowest BCUT2D eigenvalue weighted by Crippen LogP contribution is -2.59. The average Bonchev–Trinajstić information content (AvgIpc) is 3.16. The number of unbranched alkanes of at least 4 members (excludes halogenated alkanes) is 1. The molecule has 0 spiro atoms. The van der Waals surface area contributed by atoms with Crippen molar-refractivity contribution in [3.05, 3.63) is 0 Å². The minimum atomic E-state index is -1.23. The third-order valence-electron chi connectivity index (χ3n) is 9.15.